The van der Waals surface area contributed by atoms with Gasteiger partial charge in [-0.1, -0.05) is 24.3 Å². The van der Waals surface area contributed by atoms with Crippen molar-refractivity contribution in [1.29, 1.82) is 0 Å². The fraction of sp³-hybridized carbons (Fsp3) is 0.217. The molecule has 3 rings (SSSR count). The van der Waals surface area contributed by atoms with Gasteiger partial charge < -0.3 is 20.5 Å². The lowest BCUT2D eigenvalue weighted by molar-refractivity contribution is 0.0951. The van der Waals surface area contributed by atoms with Crippen LogP contribution in [-0.4, -0.2) is 16.5 Å². The molecule has 3 N–H and O–H groups in total. The first-order chi connectivity index (χ1) is 13.8. The van der Waals surface area contributed by atoms with E-state index in [1.165, 1.54) is 0 Å². The molecule has 0 saturated carbocycles. The van der Waals surface area contributed by atoms with E-state index >= 15 is 0 Å². The second-order valence-electron chi connectivity index (χ2n) is 7.53. The van der Waals surface area contributed by atoms with E-state index in [4.69, 9.17) is 15.2 Å². The Morgan fingerprint density at radius 3 is 2.52 bits per heavy atom. The molecule has 0 radical (unpaired) electrons. The molecule has 0 fully saturated rings. The molecule has 0 saturated heterocycles. The quantitative estimate of drug-likeness (QED) is 0.643. The van der Waals surface area contributed by atoms with Gasteiger partial charge in [-0.05, 0) is 62.7 Å². The standard InChI is InChI=1S/C23H25N3O3/c1-23(2,3)29-20-12-5-4-11-19(20)28-17-9-6-8-16(14-17)15-26-22(27)18-10-7-13-25-21(18)24/h4-14H,15H2,1-3H3,(H2,24,25)(H,26,27). The Morgan fingerprint density at radius 2 is 1.79 bits per heavy atom. The number of aromatic nitrogens is 1. The molecular formula is C23H25N3O3. The van der Waals surface area contributed by atoms with Crippen LogP contribution < -0.4 is 20.5 Å². The van der Waals surface area contributed by atoms with Gasteiger partial charge in [0.05, 0.1) is 5.56 Å². The van der Waals surface area contributed by atoms with Crippen molar-refractivity contribution in [2.45, 2.75) is 32.9 Å². The molecule has 6 heteroatoms. The van der Waals surface area contributed by atoms with E-state index < -0.39 is 0 Å². The van der Waals surface area contributed by atoms with Crippen molar-refractivity contribution in [3.8, 4) is 17.2 Å². The predicted molar refractivity (Wildman–Crippen MR) is 113 cm³/mol. The van der Waals surface area contributed by atoms with Crippen LogP contribution in [0.1, 0.15) is 36.7 Å². The minimum absolute atomic E-state index is 0.206. The van der Waals surface area contributed by atoms with Crippen LogP contribution in [0.3, 0.4) is 0 Å². The zero-order valence-electron chi connectivity index (χ0n) is 16.8. The maximum atomic E-state index is 12.3. The summed E-state index contributed by atoms with van der Waals surface area (Å²) >= 11 is 0. The summed E-state index contributed by atoms with van der Waals surface area (Å²) in [6, 6.07) is 18.4. The van der Waals surface area contributed by atoms with Crippen LogP contribution in [0.2, 0.25) is 0 Å². The van der Waals surface area contributed by atoms with Crippen molar-refractivity contribution in [3.63, 3.8) is 0 Å². The molecule has 1 amide bonds. The Labute approximate surface area is 170 Å². The van der Waals surface area contributed by atoms with Crippen molar-refractivity contribution in [3.05, 3.63) is 78.0 Å². The maximum Gasteiger partial charge on any atom is 0.255 e. The number of para-hydroxylation sites is 2. The van der Waals surface area contributed by atoms with Crippen LogP contribution in [0.15, 0.2) is 66.9 Å². The van der Waals surface area contributed by atoms with Crippen molar-refractivity contribution in [1.82, 2.24) is 10.3 Å². The third-order valence-electron chi connectivity index (χ3n) is 3.93. The van der Waals surface area contributed by atoms with E-state index in [-0.39, 0.29) is 17.3 Å². The number of pyridine rings is 1. The van der Waals surface area contributed by atoms with Gasteiger partial charge >= 0.3 is 0 Å². The summed E-state index contributed by atoms with van der Waals surface area (Å²) in [5.74, 6) is 1.89. The average Bonchev–Trinajstić information content (AvgIpc) is 2.67. The second-order valence-corrected chi connectivity index (χ2v) is 7.53. The number of carbonyl (C=O) groups excluding carboxylic acids is 1. The topological polar surface area (TPSA) is 86.5 Å². The monoisotopic (exact) mass is 391 g/mol. The maximum absolute atomic E-state index is 12.3. The Kier molecular flexibility index (Phi) is 6.02. The van der Waals surface area contributed by atoms with Gasteiger partial charge in [0.25, 0.3) is 5.91 Å². The highest BCUT2D eigenvalue weighted by molar-refractivity contribution is 5.98. The third-order valence-corrected chi connectivity index (χ3v) is 3.93. The highest BCUT2D eigenvalue weighted by atomic mass is 16.5. The minimum atomic E-state index is -0.334. The normalized spacial score (nSPS) is 11.0. The van der Waals surface area contributed by atoms with Crippen LogP contribution in [0, 0.1) is 0 Å². The molecule has 3 aromatic rings. The van der Waals surface area contributed by atoms with Crippen molar-refractivity contribution < 1.29 is 14.3 Å². The van der Waals surface area contributed by atoms with Crippen LogP contribution in [0.25, 0.3) is 0 Å². The molecule has 150 valence electrons. The number of carbonyl (C=O) groups is 1. The number of benzene rings is 2. The molecule has 6 nitrogen and oxygen atoms in total. The van der Waals surface area contributed by atoms with E-state index in [1.807, 2.05) is 69.3 Å². The second kappa shape index (κ2) is 8.65. The Hall–Kier alpha value is -3.54. The van der Waals surface area contributed by atoms with Crippen LogP contribution >= 0.6 is 0 Å². The number of nitrogens with zero attached hydrogens (tertiary/aromatic N) is 1. The Balaban J connectivity index is 1.69. The summed E-state index contributed by atoms with van der Waals surface area (Å²) in [7, 11) is 0. The summed E-state index contributed by atoms with van der Waals surface area (Å²) < 4.78 is 12.0. The summed E-state index contributed by atoms with van der Waals surface area (Å²) in [6.07, 6.45) is 1.55. The highest BCUT2D eigenvalue weighted by Crippen LogP contribution is 2.33. The number of nitrogens with two attached hydrogens (primary N) is 1. The summed E-state index contributed by atoms with van der Waals surface area (Å²) in [6.45, 7) is 6.30. The van der Waals surface area contributed by atoms with E-state index in [0.717, 1.165) is 5.56 Å². The predicted octanol–water partition coefficient (Wildman–Crippen LogP) is 4.56. The molecule has 0 spiro atoms. The zero-order valence-corrected chi connectivity index (χ0v) is 16.8. The van der Waals surface area contributed by atoms with E-state index in [0.29, 0.717) is 29.4 Å². The molecular weight excluding hydrogens is 366 g/mol. The lowest BCUT2D eigenvalue weighted by atomic mass is 10.2. The third kappa shape index (κ3) is 5.72. The van der Waals surface area contributed by atoms with Gasteiger partial charge in [-0.3, -0.25) is 4.79 Å². The summed E-state index contributed by atoms with van der Waals surface area (Å²) in [5, 5.41) is 2.85. The van der Waals surface area contributed by atoms with Gasteiger partial charge in [0.15, 0.2) is 11.5 Å². The van der Waals surface area contributed by atoms with E-state index in [9.17, 15) is 4.79 Å². The van der Waals surface area contributed by atoms with Gasteiger partial charge in [-0.25, -0.2) is 4.98 Å². The number of hydrogen-bond acceptors (Lipinski definition) is 5. The van der Waals surface area contributed by atoms with Gasteiger partial charge in [0.2, 0.25) is 0 Å². The average molecular weight is 391 g/mol. The molecule has 1 heterocycles. The van der Waals surface area contributed by atoms with Gasteiger partial charge in [-0.2, -0.15) is 0 Å². The lowest BCUT2D eigenvalue weighted by Gasteiger charge is -2.23. The number of rotatable bonds is 6. The number of ether oxygens (including phenoxy) is 2. The van der Waals surface area contributed by atoms with Crippen LogP contribution in [0.5, 0.6) is 17.2 Å². The molecule has 0 aliphatic carbocycles. The zero-order chi connectivity index (χ0) is 20.9. The summed E-state index contributed by atoms with van der Waals surface area (Å²) in [4.78, 5) is 16.2. The van der Waals surface area contributed by atoms with E-state index in [1.54, 1.807) is 18.3 Å². The first kappa shape index (κ1) is 20.2. The highest BCUT2D eigenvalue weighted by Gasteiger charge is 2.15. The van der Waals surface area contributed by atoms with Gasteiger partial charge in [-0.15, -0.1) is 0 Å². The van der Waals surface area contributed by atoms with Crippen LogP contribution in [-0.2, 0) is 6.54 Å². The Morgan fingerprint density at radius 1 is 1.03 bits per heavy atom. The van der Waals surface area contributed by atoms with Gasteiger partial charge in [0.1, 0.15) is 17.2 Å². The smallest absolute Gasteiger partial charge is 0.255 e. The van der Waals surface area contributed by atoms with E-state index in [2.05, 4.69) is 10.3 Å². The molecule has 29 heavy (non-hydrogen) atoms. The largest absolute Gasteiger partial charge is 0.484 e. The fourth-order valence-corrected chi connectivity index (χ4v) is 2.68. The number of nitrogen functional groups attached to an aromatic ring is 1. The Bertz CT molecular complexity index is 996. The molecule has 2 aromatic carbocycles. The molecule has 0 bridgehead atoms. The number of nitrogens with one attached hydrogen (secondary N) is 1. The minimum Gasteiger partial charge on any atom is -0.484 e. The first-order valence-corrected chi connectivity index (χ1v) is 9.35. The number of anilines is 1. The van der Waals surface area contributed by atoms with Crippen molar-refractivity contribution >= 4 is 11.7 Å². The van der Waals surface area contributed by atoms with Crippen molar-refractivity contribution in [2.75, 3.05) is 5.73 Å². The SMILES string of the molecule is CC(C)(C)Oc1ccccc1Oc1cccc(CNC(=O)c2cccnc2N)c1. The number of hydrogen-bond donors (Lipinski definition) is 2. The summed E-state index contributed by atoms with van der Waals surface area (Å²) in [5.41, 5.74) is 6.67. The fourth-order valence-electron chi connectivity index (χ4n) is 2.68. The van der Waals surface area contributed by atoms with Gasteiger partial charge in [0, 0.05) is 12.7 Å². The van der Waals surface area contributed by atoms with Crippen molar-refractivity contribution in [2.24, 2.45) is 0 Å². The number of amides is 1. The molecule has 0 unspecified atom stereocenters. The molecule has 1 aromatic heterocycles. The molecule has 0 aliphatic heterocycles. The molecule has 0 aliphatic rings. The van der Waals surface area contributed by atoms with Crippen LogP contribution in [0.4, 0.5) is 5.82 Å². The lowest BCUT2D eigenvalue weighted by Crippen LogP contribution is -2.24. The first-order valence-electron chi connectivity index (χ1n) is 9.35. The molecule has 0 atom stereocenters.